The van der Waals surface area contributed by atoms with Gasteiger partial charge in [0.05, 0.1) is 19.1 Å². The molecular formula is C14H19NO3. The summed E-state index contributed by atoms with van der Waals surface area (Å²) >= 11 is 0. The number of hydrogen-bond acceptors (Lipinski definition) is 4. The molecule has 1 saturated heterocycles. The molecule has 0 spiro atoms. The number of rotatable bonds is 3. The molecule has 2 rings (SSSR count). The van der Waals surface area contributed by atoms with Gasteiger partial charge in [0, 0.05) is 19.6 Å². The van der Waals surface area contributed by atoms with E-state index in [1.165, 1.54) is 12.7 Å². The van der Waals surface area contributed by atoms with E-state index in [0.29, 0.717) is 13.0 Å². The maximum atomic E-state index is 11.6. The first-order valence-corrected chi connectivity index (χ1v) is 6.23. The van der Waals surface area contributed by atoms with Crippen molar-refractivity contribution in [2.45, 2.75) is 19.1 Å². The molecule has 0 saturated carbocycles. The molecule has 0 bridgehead atoms. The lowest BCUT2D eigenvalue weighted by Crippen LogP contribution is -2.46. The normalized spacial score (nSPS) is 24.8. The van der Waals surface area contributed by atoms with Crippen LogP contribution in [0.1, 0.15) is 12.0 Å². The maximum Gasteiger partial charge on any atom is 0.312 e. The zero-order valence-corrected chi connectivity index (χ0v) is 10.6. The molecule has 1 heterocycles. The standard InChI is InChI=1S/C14H19NO3/c1-18-14(17)12-10-15(8-7-13(12)16)9-11-5-3-2-4-6-11/h2-6,12-13,16H,7-10H2,1H3/t12-,13+/m1/s1. The molecule has 2 atom stereocenters. The van der Waals surface area contributed by atoms with Crippen molar-refractivity contribution in [3.05, 3.63) is 35.9 Å². The summed E-state index contributed by atoms with van der Waals surface area (Å²) < 4.78 is 4.73. The molecular weight excluding hydrogens is 230 g/mol. The Bertz CT molecular complexity index is 393. The molecule has 1 fully saturated rings. The minimum absolute atomic E-state index is 0.319. The van der Waals surface area contributed by atoms with E-state index in [1.54, 1.807) is 0 Å². The minimum Gasteiger partial charge on any atom is -0.469 e. The van der Waals surface area contributed by atoms with Crippen LogP contribution >= 0.6 is 0 Å². The van der Waals surface area contributed by atoms with E-state index in [1.807, 2.05) is 18.2 Å². The fraction of sp³-hybridized carbons (Fsp3) is 0.500. The molecule has 0 amide bonds. The molecule has 0 aliphatic carbocycles. The predicted octanol–water partition coefficient (Wildman–Crippen LogP) is 1.04. The summed E-state index contributed by atoms with van der Waals surface area (Å²) in [7, 11) is 1.37. The summed E-state index contributed by atoms with van der Waals surface area (Å²) in [6.07, 6.45) is 0.0385. The highest BCUT2D eigenvalue weighted by Gasteiger charge is 2.33. The Morgan fingerprint density at radius 3 is 2.83 bits per heavy atom. The van der Waals surface area contributed by atoms with Crippen molar-refractivity contribution in [2.24, 2.45) is 5.92 Å². The van der Waals surface area contributed by atoms with Gasteiger partial charge in [-0.2, -0.15) is 0 Å². The SMILES string of the molecule is COC(=O)[C@@H]1CN(Cc2ccccc2)CC[C@@H]1O. The molecule has 0 aromatic heterocycles. The van der Waals surface area contributed by atoms with E-state index >= 15 is 0 Å². The summed E-state index contributed by atoms with van der Waals surface area (Å²) in [5.74, 6) is -0.743. The Balaban J connectivity index is 1.97. The Morgan fingerprint density at radius 1 is 1.44 bits per heavy atom. The van der Waals surface area contributed by atoms with Gasteiger partial charge in [0.2, 0.25) is 0 Å². The van der Waals surface area contributed by atoms with Crippen LogP contribution in [0.15, 0.2) is 30.3 Å². The predicted molar refractivity (Wildman–Crippen MR) is 67.8 cm³/mol. The van der Waals surface area contributed by atoms with Crippen LogP contribution in [0, 0.1) is 5.92 Å². The van der Waals surface area contributed by atoms with Gasteiger partial charge >= 0.3 is 5.97 Å². The highest BCUT2D eigenvalue weighted by molar-refractivity contribution is 5.73. The van der Waals surface area contributed by atoms with Crippen molar-refractivity contribution < 1.29 is 14.6 Å². The number of nitrogens with zero attached hydrogens (tertiary/aromatic N) is 1. The largest absolute Gasteiger partial charge is 0.469 e. The second-order valence-corrected chi connectivity index (χ2v) is 4.71. The van der Waals surface area contributed by atoms with Crippen LogP contribution in [0.25, 0.3) is 0 Å². The van der Waals surface area contributed by atoms with Gasteiger partial charge in [-0.3, -0.25) is 9.69 Å². The Labute approximate surface area is 107 Å². The fourth-order valence-corrected chi connectivity index (χ4v) is 2.38. The number of hydrogen-bond donors (Lipinski definition) is 1. The van der Waals surface area contributed by atoms with Gasteiger partial charge in [-0.1, -0.05) is 30.3 Å². The van der Waals surface area contributed by atoms with Gasteiger partial charge in [-0.25, -0.2) is 0 Å². The quantitative estimate of drug-likeness (QED) is 0.813. The number of benzene rings is 1. The van der Waals surface area contributed by atoms with E-state index in [9.17, 15) is 9.90 Å². The molecule has 18 heavy (non-hydrogen) atoms. The third kappa shape index (κ3) is 3.09. The third-order valence-electron chi connectivity index (χ3n) is 3.41. The van der Waals surface area contributed by atoms with E-state index in [4.69, 9.17) is 4.74 Å². The van der Waals surface area contributed by atoms with Crippen molar-refractivity contribution in [3.8, 4) is 0 Å². The van der Waals surface area contributed by atoms with E-state index in [0.717, 1.165) is 13.1 Å². The number of esters is 1. The van der Waals surface area contributed by atoms with Gasteiger partial charge < -0.3 is 9.84 Å². The summed E-state index contributed by atoms with van der Waals surface area (Å²) in [6, 6.07) is 10.1. The van der Waals surface area contributed by atoms with Crippen LogP contribution in [0.3, 0.4) is 0 Å². The number of carbonyl (C=O) groups is 1. The van der Waals surface area contributed by atoms with Crippen LogP contribution < -0.4 is 0 Å². The van der Waals surface area contributed by atoms with Crippen LogP contribution in [0.2, 0.25) is 0 Å². The maximum absolute atomic E-state index is 11.6. The Kier molecular flexibility index (Phi) is 4.33. The van der Waals surface area contributed by atoms with Gasteiger partial charge in [0.25, 0.3) is 0 Å². The molecule has 1 aliphatic heterocycles. The molecule has 1 aliphatic rings. The van der Waals surface area contributed by atoms with Crippen molar-refractivity contribution >= 4 is 5.97 Å². The van der Waals surface area contributed by atoms with Crippen LogP contribution in [0.5, 0.6) is 0 Å². The van der Waals surface area contributed by atoms with Crippen LogP contribution in [-0.4, -0.2) is 42.3 Å². The number of methoxy groups -OCH3 is 1. The van der Waals surface area contributed by atoms with E-state index in [-0.39, 0.29) is 5.97 Å². The monoisotopic (exact) mass is 249 g/mol. The summed E-state index contributed by atoms with van der Waals surface area (Å²) in [5, 5.41) is 9.83. The average Bonchev–Trinajstić information content (AvgIpc) is 2.41. The first kappa shape index (κ1) is 13.1. The fourth-order valence-electron chi connectivity index (χ4n) is 2.38. The molecule has 0 unspecified atom stereocenters. The van der Waals surface area contributed by atoms with Crippen molar-refractivity contribution in [2.75, 3.05) is 20.2 Å². The van der Waals surface area contributed by atoms with E-state index in [2.05, 4.69) is 17.0 Å². The molecule has 1 N–H and O–H groups in total. The molecule has 1 aromatic rings. The van der Waals surface area contributed by atoms with Crippen LogP contribution in [0.4, 0.5) is 0 Å². The molecule has 98 valence electrons. The number of ether oxygens (including phenoxy) is 1. The highest BCUT2D eigenvalue weighted by atomic mass is 16.5. The van der Waals surface area contributed by atoms with Gasteiger partial charge in [-0.15, -0.1) is 0 Å². The van der Waals surface area contributed by atoms with Crippen molar-refractivity contribution in [3.63, 3.8) is 0 Å². The molecule has 4 nitrogen and oxygen atoms in total. The first-order chi connectivity index (χ1) is 8.70. The zero-order chi connectivity index (χ0) is 13.0. The summed E-state index contributed by atoms with van der Waals surface area (Å²) in [5.41, 5.74) is 1.22. The smallest absolute Gasteiger partial charge is 0.312 e. The topological polar surface area (TPSA) is 49.8 Å². The number of piperidine rings is 1. The lowest BCUT2D eigenvalue weighted by Gasteiger charge is -2.34. The highest BCUT2D eigenvalue weighted by Crippen LogP contribution is 2.20. The van der Waals surface area contributed by atoms with Gasteiger partial charge in [0.15, 0.2) is 0 Å². The van der Waals surface area contributed by atoms with Crippen molar-refractivity contribution in [1.29, 1.82) is 0 Å². The number of aliphatic hydroxyl groups is 1. The Morgan fingerprint density at radius 2 is 2.17 bits per heavy atom. The first-order valence-electron chi connectivity index (χ1n) is 6.23. The molecule has 1 aromatic carbocycles. The third-order valence-corrected chi connectivity index (χ3v) is 3.41. The number of likely N-dealkylation sites (tertiary alicyclic amines) is 1. The lowest BCUT2D eigenvalue weighted by molar-refractivity contribution is -0.152. The second kappa shape index (κ2) is 5.98. The molecule has 0 radical (unpaired) electrons. The molecule has 4 heteroatoms. The Hall–Kier alpha value is -1.39. The second-order valence-electron chi connectivity index (χ2n) is 4.71. The van der Waals surface area contributed by atoms with Crippen LogP contribution in [-0.2, 0) is 16.1 Å². The van der Waals surface area contributed by atoms with Crippen molar-refractivity contribution in [1.82, 2.24) is 4.90 Å². The zero-order valence-electron chi connectivity index (χ0n) is 10.6. The lowest BCUT2D eigenvalue weighted by atomic mass is 9.94. The van der Waals surface area contributed by atoms with E-state index < -0.39 is 12.0 Å². The summed E-state index contributed by atoms with van der Waals surface area (Å²) in [6.45, 7) is 2.17. The minimum atomic E-state index is -0.579. The van der Waals surface area contributed by atoms with Gasteiger partial charge in [0.1, 0.15) is 0 Å². The van der Waals surface area contributed by atoms with Gasteiger partial charge in [-0.05, 0) is 12.0 Å². The average molecular weight is 249 g/mol. The number of aliphatic hydroxyl groups excluding tert-OH is 1. The number of carbonyl (C=O) groups excluding carboxylic acids is 1. The summed E-state index contributed by atoms with van der Waals surface area (Å²) in [4.78, 5) is 13.8.